The van der Waals surface area contributed by atoms with Crippen molar-refractivity contribution in [2.75, 3.05) is 18.6 Å². The van der Waals surface area contributed by atoms with Gasteiger partial charge in [0.2, 0.25) is 6.41 Å². The molecular weight excluding hydrogens is 602 g/mol. The van der Waals surface area contributed by atoms with Crippen LogP contribution < -0.4 is 158 Å². The normalized spacial score (nSPS) is 8.14. The number of hydrogen-bond acceptors (Lipinski definition) is 7. The third-order valence-corrected chi connectivity index (χ3v) is 2.25. The van der Waals surface area contributed by atoms with Crippen LogP contribution in [0.25, 0.3) is 0 Å². The van der Waals surface area contributed by atoms with Gasteiger partial charge in [-0.25, -0.2) is 4.98 Å². The van der Waals surface area contributed by atoms with E-state index in [1.165, 1.54) is 25.1 Å². The summed E-state index contributed by atoms with van der Waals surface area (Å²) in [6.45, 7) is 1.39. The molecule has 0 saturated carbocycles. The van der Waals surface area contributed by atoms with Gasteiger partial charge in [0, 0.05) is 10.7 Å². The van der Waals surface area contributed by atoms with Gasteiger partial charge in [0.05, 0.1) is 13.7 Å². The summed E-state index contributed by atoms with van der Waals surface area (Å²) in [4.78, 5) is 35.4. The van der Waals surface area contributed by atoms with E-state index in [9.17, 15) is 9.59 Å². The van der Waals surface area contributed by atoms with Gasteiger partial charge in [0.1, 0.15) is 5.78 Å². The van der Waals surface area contributed by atoms with Gasteiger partial charge in [-0.05, 0) is 35.1 Å². The number of aromatic nitrogens is 1. The van der Waals surface area contributed by atoms with Crippen LogP contribution in [0.5, 0.6) is 5.75 Å². The second kappa shape index (κ2) is 16.4. The van der Waals surface area contributed by atoms with Crippen molar-refractivity contribution in [3.63, 3.8) is 0 Å². The van der Waals surface area contributed by atoms with Crippen LogP contribution in [0.3, 0.4) is 0 Å². The minimum absolute atomic E-state index is 0. The van der Waals surface area contributed by atoms with Gasteiger partial charge in [0.25, 0.3) is 0 Å². The number of amides is 1. The number of methoxy groups -OCH3 is 1. The maximum atomic E-state index is 11.0. The first kappa shape index (κ1) is 28.7. The molecule has 0 N–H and O–H groups in total. The quantitative estimate of drug-likeness (QED) is 0.303. The number of pyridine rings is 1. The number of ketones is 1. The Morgan fingerprint density at radius 2 is 1.91 bits per heavy atom. The van der Waals surface area contributed by atoms with E-state index < -0.39 is 6.16 Å². The smallest absolute Gasteiger partial charge is 0.652 e. The number of hydrogen-bond donors (Lipinski definition) is 0. The van der Waals surface area contributed by atoms with Gasteiger partial charge in [-0.2, -0.15) is 0 Å². The van der Waals surface area contributed by atoms with Crippen molar-refractivity contribution in [2.24, 2.45) is 0 Å². The maximum Gasteiger partial charge on any atom is 1.00 e. The summed E-state index contributed by atoms with van der Waals surface area (Å²) in [7, 11) is 1.48. The molecule has 0 bridgehead atoms. The van der Waals surface area contributed by atoms with Gasteiger partial charge >= 0.3 is 138 Å². The Balaban J connectivity index is -0.000000538. The first-order valence-electron chi connectivity index (χ1n) is 5.10. The van der Waals surface area contributed by atoms with E-state index in [0.717, 1.165) is 4.47 Å². The average Bonchev–Trinajstić information content (AvgIpc) is 2.35. The molecule has 11 heteroatoms. The molecule has 0 aromatic carbocycles. The van der Waals surface area contributed by atoms with E-state index >= 15 is 0 Å². The number of carbonyl (C=O) groups excluding carboxylic acids is 3. The SMILES string of the molecule is COc1cc(Br)cnc1N(C=O)CC(C)=O.O=C([O-])[O-].[Cs+].[Cs+]. The van der Waals surface area contributed by atoms with Crippen molar-refractivity contribution in [1.29, 1.82) is 0 Å². The third-order valence-electron chi connectivity index (χ3n) is 1.81. The molecule has 0 aliphatic rings. The Morgan fingerprint density at radius 3 is 2.27 bits per heavy atom. The second-order valence-corrected chi connectivity index (χ2v) is 4.28. The number of Topliss-reactive ketones (excluding diaryl/α,β-unsaturated/α-hetero) is 1. The van der Waals surface area contributed by atoms with Crippen molar-refractivity contribution >= 4 is 40.1 Å². The van der Waals surface area contributed by atoms with E-state index in [4.69, 9.17) is 19.7 Å². The number of carbonyl (C=O) groups is 3. The van der Waals surface area contributed by atoms with Gasteiger partial charge in [-0.3, -0.25) is 14.5 Å². The third kappa shape index (κ3) is 13.3. The van der Waals surface area contributed by atoms with E-state index in [1.54, 1.807) is 6.07 Å². The van der Waals surface area contributed by atoms with Crippen molar-refractivity contribution in [2.45, 2.75) is 6.92 Å². The molecule has 0 unspecified atom stereocenters. The Hall–Kier alpha value is 1.94. The second-order valence-electron chi connectivity index (χ2n) is 3.36. The Labute approximate surface area is 253 Å². The fraction of sp³-hybridized carbons (Fsp3) is 0.273. The maximum absolute atomic E-state index is 11.0. The number of ether oxygens (including phenoxy) is 1. The zero-order valence-electron chi connectivity index (χ0n) is 12.7. The monoisotopic (exact) mass is 612 g/mol. The predicted octanol–water partition coefficient (Wildman–Crippen LogP) is -7.03. The summed E-state index contributed by atoms with van der Waals surface area (Å²) in [6, 6.07) is 1.68. The van der Waals surface area contributed by atoms with Crippen molar-refractivity contribution in [3.05, 3.63) is 16.7 Å². The van der Waals surface area contributed by atoms with Crippen LogP contribution in [0.2, 0.25) is 0 Å². The molecular formula is C11H11BrCs2N2O6. The molecule has 1 aromatic rings. The number of halogens is 1. The molecule has 0 atom stereocenters. The van der Waals surface area contributed by atoms with Crippen LogP contribution in [-0.4, -0.2) is 37.0 Å². The Bertz CT molecular complexity index is 499. The fourth-order valence-electron chi connectivity index (χ4n) is 1.18. The first-order chi connectivity index (χ1) is 9.31. The molecule has 0 spiro atoms. The van der Waals surface area contributed by atoms with E-state index in [2.05, 4.69) is 20.9 Å². The summed E-state index contributed by atoms with van der Waals surface area (Å²) >= 11 is 3.24. The molecule has 1 rings (SSSR count). The van der Waals surface area contributed by atoms with Gasteiger partial charge in [-0.1, -0.05) is 0 Å². The van der Waals surface area contributed by atoms with Crippen LogP contribution >= 0.6 is 15.9 Å². The van der Waals surface area contributed by atoms with Gasteiger partial charge in [-0.15, -0.1) is 0 Å². The summed E-state index contributed by atoms with van der Waals surface area (Å²) < 4.78 is 5.82. The topological polar surface area (TPSA) is 123 Å². The van der Waals surface area contributed by atoms with Gasteiger partial charge in [0.15, 0.2) is 11.6 Å². The van der Waals surface area contributed by atoms with Crippen LogP contribution in [0.15, 0.2) is 16.7 Å². The van der Waals surface area contributed by atoms with Crippen LogP contribution in [0, 0.1) is 0 Å². The van der Waals surface area contributed by atoms with Crippen molar-refractivity contribution in [3.8, 4) is 5.75 Å². The van der Waals surface area contributed by atoms with E-state index in [0.29, 0.717) is 18.0 Å². The zero-order valence-corrected chi connectivity index (χ0v) is 26.8. The minimum atomic E-state index is -2.33. The van der Waals surface area contributed by atoms with Gasteiger partial charge < -0.3 is 19.7 Å². The molecule has 1 heterocycles. The Kier molecular flexibility index (Phi) is 21.4. The minimum Gasteiger partial charge on any atom is -0.652 e. The van der Waals surface area contributed by atoms with E-state index in [-0.39, 0.29) is 150 Å². The molecule has 0 fully saturated rings. The van der Waals surface area contributed by atoms with Crippen molar-refractivity contribution < 1.29 is 167 Å². The molecule has 110 valence electrons. The zero-order chi connectivity index (χ0) is 15.7. The average molecular weight is 613 g/mol. The molecule has 0 saturated heterocycles. The Morgan fingerprint density at radius 1 is 1.41 bits per heavy atom. The van der Waals surface area contributed by atoms with Crippen LogP contribution in [0.4, 0.5) is 10.6 Å². The molecule has 1 amide bonds. The fourth-order valence-corrected chi connectivity index (χ4v) is 1.49. The summed E-state index contributed by atoms with van der Waals surface area (Å²) in [5, 5.41) is 16.7. The number of anilines is 1. The summed E-state index contributed by atoms with van der Waals surface area (Å²) in [5.74, 6) is 0.637. The predicted molar refractivity (Wildman–Crippen MR) is 68.0 cm³/mol. The number of carboxylic acid groups (broad SMARTS) is 2. The standard InChI is InChI=1S/C10H11BrN2O3.CH2O3.2Cs/c1-7(15)5-13(6-14)10-9(16-2)3-8(11)4-12-10;2-1(3)4;;/h3-4,6H,5H2,1-2H3;(H2,2,3,4);;/q;;2*+1/p-2. The molecule has 8 nitrogen and oxygen atoms in total. The number of rotatable bonds is 5. The number of nitrogens with zero attached hydrogens (tertiary/aromatic N) is 2. The molecule has 22 heavy (non-hydrogen) atoms. The summed E-state index contributed by atoms with van der Waals surface area (Å²) in [5.41, 5.74) is 0. The first-order valence-corrected chi connectivity index (χ1v) is 5.90. The summed E-state index contributed by atoms with van der Waals surface area (Å²) in [6.07, 6.45) is -0.241. The molecule has 0 radical (unpaired) electrons. The van der Waals surface area contributed by atoms with E-state index in [1.807, 2.05) is 0 Å². The van der Waals surface area contributed by atoms with Crippen LogP contribution in [0.1, 0.15) is 6.92 Å². The largest absolute Gasteiger partial charge is 1.00 e. The molecule has 1 aromatic heterocycles. The molecule has 0 aliphatic heterocycles. The molecule has 0 aliphatic carbocycles. The van der Waals surface area contributed by atoms with Crippen LogP contribution in [-0.2, 0) is 9.59 Å². The van der Waals surface area contributed by atoms with Crippen molar-refractivity contribution in [1.82, 2.24) is 4.98 Å².